The van der Waals surface area contributed by atoms with Crippen LogP contribution < -0.4 is 5.32 Å². The molecule has 0 aromatic rings. The highest BCUT2D eigenvalue weighted by atomic mass is 15.0. The van der Waals surface area contributed by atoms with Crippen molar-refractivity contribution in [2.24, 2.45) is 11.3 Å². The van der Waals surface area contributed by atoms with Crippen LogP contribution in [0.3, 0.4) is 0 Å². The Hall–Kier alpha value is -0.720. The molecule has 0 radical (unpaired) electrons. The van der Waals surface area contributed by atoms with Crippen LogP contribution in [0.25, 0.3) is 0 Å². The average Bonchev–Trinajstić information content (AvgIpc) is 2.27. The van der Waals surface area contributed by atoms with Gasteiger partial charge in [-0.05, 0) is 37.0 Å². The zero-order chi connectivity index (χ0) is 12.5. The molecule has 0 aromatic heterocycles. The van der Waals surface area contributed by atoms with Crippen molar-refractivity contribution >= 4 is 0 Å². The van der Waals surface area contributed by atoms with Crippen LogP contribution in [0.15, 0.2) is 24.4 Å². The van der Waals surface area contributed by atoms with Gasteiger partial charge in [-0.3, -0.25) is 0 Å². The summed E-state index contributed by atoms with van der Waals surface area (Å²) in [5.41, 5.74) is 3.08. The van der Waals surface area contributed by atoms with Crippen molar-refractivity contribution in [2.75, 3.05) is 0 Å². The molecule has 0 amide bonds. The van der Waals surface area contributed by atoms with Crippen molar-refractivity contribution in [3.8, 4) is 0 Å². The van der Waals surface area contributed by atoms with E-state index in [-0.39, 0.29) is 0 Å². The van der Waals surface area contributed by atoms with Gasteiger partial charge in [0.2, 0.25) is 0 Å². The summed E-state index contributed by atoms with van der Waals surface area (Å²) in [6, 6.07) is 0.495. The molecule has 2 aliphatic rings. The second-order valence-corrected chi connectivity index (χ2v) is 6.61. The second-order valence-electron chi connectivity index (χ2n) is 6.61. The van der Waals surface area contributed by atoms with E-state index in [1.54, 1.807) is 0 Å². The predicted octanol–water partition coefficient (Wildman–Crippen LogP) is 4.41. The van der Waals surface area contributed by atoms with Crippen LogP contribution in [0.5, 0.6) is 0 Å². The summed E-state index contributed by atoms with van der Waals surface area (Å²) in [5, 5.41) is 3.59. The van der Waals surface area contributed by atoms with Gasteiger partial charge < -0.3 is 5.32 Å². The van der Waals surface area contributed by atoms with Crippen molar-refractivity contribution in [2.45, 2.75) is 64.8 Å². The highest BCUT2D eigenvalue weighted by molar-refractivity contribution is 5.21. The first-order chi connectivity index (χ1) is 8.00. The van der Waals surface area contributed by atoms with Crippen LogP contribution in [0, 0.1) is 11.3 Å². The summed E-state index contributed by atoms with van der Waals surface area (Å²) in [7, 11) is 0. The quantitative estimate of drug-likeness (QED) is 0.709. The maximum atomic E-state index is 4.23. The molecule has 2 fully saturated rings. The fourth-order valence-corrected chi connectivity index (χ4v) is 3.51. The van der Waals surface area contributed by atoms with Gasteiger partial charge in [0, 0.05) is 11.7 Å². The molecule has 1 N–H and O–H groups in total. The maximum Gasteiger partial charge on any atom is 0.0496 e. The molecule has 0 aliphatic heterocycles. The molecule has 17 heavy (non-hydrogen) atoms. The Morgan fingerprint density at radius 1 is 1.35 bits per heavy atom. The van der Waals surface area contributed by atoms with Crippen molar-refractivity contribution in [3.63, 3.8) is 0 Å². The molecular weight excluding hydrogens is 206 g/mol. The molecule has 0 saturated heterocycles. The molecule has 0 spiro atoms. The molecule has 96 valence electrons. The molecule has 1 nitrogen and oxygen atoms in total. The molecule has 2 atom stereocenters. The molecule has 0 bridgehead atoms. The fourth-order valence-electron chi connectivity index (χ4n) is 3.51. The molecule has 2 saturated carbocycles. The average molecular weight is 233 g/mol. The third-order valence-corrected chi connectivity index (χ3v) is 4.65. The Morgan fingerprint density at radius 3 is 2.53 bits per heavy atom. The Balaban J connectivity index is 1.82. The normalized spacial score (nSPS) is 31.8. The van der Waals surface area contributed by atoms with E-state index < -0.39 is 0 Å². The zero-order valence-corrected chi connectivity index (χ0v) is 11.5. The van der Waals surface area contributed by atoms with E-state index in [1.807, 2.05) is 0 Å². The number of nitrogens with one attached hydrogen (secondary N) is 1. The lowest BCUT2D eigenvalue weighted by atomic mass is 9.72. The van der Waals surface area contributed by atoms with Gasteiger partial charge >= 0.3 is 0 Å². The number of rotatable bonds is 4. The first kappa shape index (κ1) is 12.7. The number of allylic oxidation sites excluding steroid dienone is 1. The van der Waals surface area contributed by atoms with Crippen LogP contribution in [0.2, 0.25) is 0 Å². The van der Waals surface area contributed by atoms with Crippen molar-refractivity contribution in [1.29, 1.82) is 0 Å². The van der Waals surface area contributed by atoms with Crippen LogP contribution in [0.4, 0.5) is 0 Å². The van der Waals surface area contributed by atoms with Crippen LogP contribution in [-0.2, 0) is 0 Å². The summed E-state index contributed by atoms with van der Waals surface area (Å²) in [5.74, 6) is 0.735. The lowest BCUT2D eigenvalue weighted by Crippen LogP contribution is -2.44. The number of hydrogen-bond acceptors (Lipinski definition) is 1. The van der Waals surface area contributed by atoms with E-state index >= 15 is 0 Å². The van der Waals surface area contributed by atoms with E-state index in [1.165, 1.54) is 49.8 Å². The summed E-state index contributed by atoms with van der Waals surface area (Å²) in [4.78, 5) is 0. The monoisotopic (exact) mass is 233 g/mol. The van der Waals surface area contributed by atoms with E-state index in [4.69, 9.17) is 0 Å². The highest BCUT2D eigenvalue weighted by Gasteiger charge is 2.33. The fraction of sp³-hybridized carbons (Fsp3) is 0.750. The molecule has 2 unspecified atom stereocenters. The van der Waals surface area contributed by atoms with E-state index in [2.05, 4.69) is 32.3 Å². The summed E-state index contributed by atoms with van der Waals surface area (Å²) in [6.45, 7) is 13.1. The minimum atomic E-state index is 0.495. The number of hydrogen-bond donors (Lipinski definition) is 1. The minimum absolute atomic E-state index is 0.495. The first-order valence-electron chi connectivity index (χ1n) is 7.12. The van der Waals surface area contributed by atoms with Gasteiger partial charge in [0.1, 0.15) is 0 Å². The Kier molecular flexibility index (Phi) is 3.65. The maximum absolute atomic E-state index is 4.23. The second kappa shape index (κ2) is 4.88. The largest absolute Gasteiger partial charge is 0.382 e. The van der Waals surface area contributed by atoms with Crippen molar-refractivity contribution in [1.82, 2.24) is 5.32 Å². The predicted molar refractivity (Wildman–Crippen MR) is 74.8 cm³/mol. The minimum Gasteiger partial charge on any atom is -0.382 e. The van der Waals surface area contributed by atoms with Gasteiger partial charge in [-0.2, -0.15) is 0 Å². The molecule has 2 aliphatic carbocycles. The van der Waals surface area contributed by atoms with Gasteiger partial charge in [0.25, 0.3) is 0 Å². The summed E-state index contributed by atoms with van der Waals surface area (Å²) < 4.78 is 0. The molecule has 1 heteroatoms. The SMILES string of the molecule is C=C(CC1(C)CCCCC1)NC1C(=C)CC1C. The summed E-state index contributed by atoms with van der Waals surface area (Å²) in [6.07, 6.45) is 9.29. The van der Waals surface area contributed by atoms with Gasteiger partial charge in [-0.1, -0.05) is 51.8 Å². The third kappa shape index (κ3) is 2.94. The topological polar surface area (TPSA) is 12.0 Å². The Bertz CT molecular complexity index is 309. The van der Waals surface area contributed by atoms with Crippen LogP contribution in [-0.4, -0.2) is 6.04 Å². The summed E-state index contributed by atoms with van der Waals surface area (Å²) >= 11 is 0. The smallest absolute Gasteiger partial charge is 0.0496 e. The molecule has 0 heterocycles. The van der Waals surface area contributed by atoms with E-state index in [0.29, 0.717) is 11.5 Å². The van der Waals surface area contributed by atoms with Gasteiger partial charge in [-0.25, -0.2) is 0 Å². The highest BCUT2D eigenvalue weighted by Crippen LogP contribution is 2.41. The van der Waals surface area contributed by atoms with Crippen molar-refractivity contribution in [3.05, 3.63) is 24.4 Å². The van der Waals surface area contributed by atoms with Gasteiger partial charge in [0.15, 0.2) is 0 Å². The van der Waals surface area contributed by atoms with Gasteiger partial charge in [-0.15, -0.1) is 0 Å². The lowest BCUT2D eigenvalue weighted by molar-refractivity contribution is 0.206. The van der Waals surface area contributed by atoms with Crippen molar-refractivity contribution < 1.29 is 0 Å². The zero-order valence-electron chi connectivity index (χ0n) is 11.5. The first-order valence-corrected chi connectivity index (χ1v) is 7.12. The third-order valence-electron chi connectivity index (χ3n) is 4.65. The molecular formula is C16H27N. The molecule has 2 rings (SSSR count). The van der Waals surface area contributed by atoms with E-state index in [0.717, 1.165) is 12.3 Å². The Labute approximate surface area is 106 Å². The van der Waals surface area contributed by atoms with Crippen LogP contribution >= 0.6 is 0 Å². The Morgan fingerprint density at radius 2 is 2.00 bits per heavy atom. The van der Waals surface area contributed by atoms with E-state index in [9.17, 15) is 0 Å². The molecule has 0 aromatic carbocycles. The standard InChI is InChI=1S/C16H27N/c1-12-10-13(2)15(12)17-14(3)11-16(4)8-6-5-7-9-16/h13,15,17H,1,3,5-11H2,2,4H3. The van der Waals surface area contributed by atoms with Gasteiger partial charge in [0.05, 0.1) is 0 Å². The van der Waals surface area contributed by atoms with Crippen LogP contribution in [0.1, 0.15) is 58.8 Å². The lowest BCUT2D eigenvalue weighted by Gasteiger charge is -2.41.